The fourth-order valence-corrected chi connectivity index (χ4v) is 4.01. The van der Waals surface area contributed by atoms with Gasteiger partial charge in [-0.25, -0.2) is 9.38 Å². The summed E-state index contributed by atoms with van der Waals surface area (Å²) in [6, 6.07) is 6.97. The third-order valence-corrected chi connectivity index (χ3v) is 5.92. The minimum atomic E-state index is -4.63. The van der Waals surface area contributed by atoms with Crippen LogP contribution in [0, 0.1) is 5.82 Å². The van der Waals surface area contributed by atoms with E-state index < -0.39 is 17.5 Å². The number of hydrogen-bond donors (Lipinski definition) is 1. The van der Waals surface area contributed by atoms with E-state index in [1.807, 2.05) is 6.07 Å². The fourth-order valence-electron chi connectivity index (χ4n) is 3.64. The maximum absolute atomic E-state index is 13.5. The first-order valence-electron chi connectivity index (χ1n) is 12.4. The molecule has 0 saturated heterocycles. The van der Waals surface area contributed by atoms with Crippen LogP contribution in [0.25, 0.3) is 0 Å². The Morgan fingerprint density at radius 1 is 1.18 bits per heavy atom. The summed E-state index contributed by atoms with van der Waals surface area (Å²) in [4.78, 5) is 15.5. The molecule has 0 spiro atoms. The predicted octanol–water partition coefficient (Wildman–Crippen LogP) is 9.51. The number of alkyl halides is 3. The zero-order valence-electron chi connectivity index (χ0n) is 23.3. The lowest BCUT2D eigenvalue weighted by Gasteiger charge is -2.14. The fraction of sp³-hybridized carbons (Fsp3) is 0.400. The Hall–Kier alpha value is -2.74. The summed E-state index contributed by atoms with van der Waals surface area (Å²) in [5.74, 6) is -0.0175. The molecule has 0 aliphatic rings. The topological polar surface area (TPSA) is 41.5 Å². The van der Waals surface area contributed by atoms with Crippen LogP contribution in [0.4, 0.5) is 17.6 Å². The normalized spacial score (nSPS) is 14.7. The van der Waals surface area contributed by atoms with Crippen LogP contribution in [0.15, 0.2) is 87.2 Å². The van der Waals surface area contributed by atoms with E-state index >= 15 is 0 Å². The number of Topliss-reactive ketones (excluding diaryl/α,β-unsaturated/α-hetero) is 1. The monoisotopic (exact) mass is 598 g/mol. The second-order valence-electron chi connectivity index (χ2n) is 8.48. The summed E-state index contributed by atoms with van der Waals surface area (Å²) in [6.07, 6.45) is 4.31. The summed E-state index contributed by atoms with van der Waals surface area (Å²) in [6.45, 7) is 13.6. The summed E-state index contributed by atoms with van der Waals surface area (Å²) >= 11 is 3.10. The first-order valence-corrected chi connectivity index (χ1v) is 13.2. The van der Waals surface area contributed by atoms with Crippen LogP contribution in [-0.4, -0.2) is 24.7 Å². The standard InChI is InChI=1S/C18H22BrF3N2O.C12H17F/c1-7-14(15(8-2)10-23-6)9-16(18(20,21)22)12(4)24-17(11(3)19)13(5)25;1-3-6-10(4-2)11-7-5-8-12(13)9-11/h7-10,23H,2H2,1,3-6H3;5,7-10H,3-4,6H2,1-2H3/b14-7+,15-10+,16-9+,17-11+,24-12+;. The number of rotatable bonds is 11. The summed E-state index contributed by atoms with van der Waals surface area (Å²) in [5.41, 5.74) is 0.683. The number of carbonyl (C=O) groups excluding carboxylic acids is 1. The maximum atomic E-state index is 13.5. The van der Waals surface area contributed by atoms with Gasteiger partial charge in [0.1, 0.15) is 11.5 Å². The minimum absolute atomic E-state index is 0.0515. The van der Waals surface area contributed by atoms with Crippen LogP contribution in [0.3, 0.4) is 0 Å². The number of nitrogens with zero attached hydrogens (tertiary/aromatic N) is 1. The Morgan fingerprint density at radius 2 is 1.82 bits per heavy atom. The Morgan fingerprint density at radius 3 is 2.21 bits per heavy atom. The van der Waals surface area contributed by atoms with Crippen molar-refractivity contribution in [3.63, 3.8) is 0 Å². The van der Waals surface area contributed by atoms with Gasteiger partial charge in [-0.05, 0) is 74.4 Å². The van der Waals surface area contributed by atoms with Crippen LogP contribution in [0.2, 0.25) is 0 Å². The summed E-state index contributed by atoms with van der Waals surface area (Å²) in [5, 5.41) is 2.76. The number of allylic oxidation sites excluding steroid dienone is 8. The van der Waals surface area contributed by atoms with Gasteiger partial charge in [0.25, 0.3) is 0 Å². The first-order chi connectivity index (χ1) is 17.8. The second-order valence-corrected chi connectivity index (χ2v) is 9.67. The van der Waals surface area contributed by atoms with Gasteiger partial charge in [-0.2, -0.15) is 13.2 Å². The molecular formula is C30H39BrF4N2O. The third-order valence-electron chi connectivity index (χ3n) is 5.55. The molecule has 8 heteroatoms. The smallest absolute Gasteiger partial charge is 0.393 e. The van der Waals surface area contributed by atoms with Crippen molar-refractivity contribution in [1.82, 2.24) is 5.32 Å². The molecule has 210 valence electrons. The molecule has 1 aromatic carbocycles. The minimum Gasteiger partial charge on any atom is -0.393 e. The van der Waals surface area contributed by atoms with Gasteiger partial charge in [-0.3, -0.25) is 4.79 Å². The summed E-state index contributed by atoms with van der Waals surface area (Å²) in [7, 11) is 1.64. The number of aliphatic imine (C=N–C) groups is 1. The average Bonchev–Trinajstić information content (AvgIpc) is 2.84. The Bertz CT molecular complexity index is 1090. The molecule has 1 unspecified atom stereocenters. The highest BCUT2D eigenvalue weighted by atomic mass is 79.9. The van der Waals surface area contributed by atoms with E-state index in [4.69, 9.17) is 0 Å². The Kier molecular flexibility index (Phi) is 16.4. The van der Waals surface area contributed by atoms with Crippen LogP contribution < -0.4 is 5.32 Å². The first kappa shape index (κ1) is 35.3. The van der Waals surface area contributed by atoms with Gasteiger partial charge in [0.05, 0.1) is 11.3 Å². The lowest BCUT2D eigenvalue weighted by Crippen LogP contribution is -2.19. The molecule has 1 aromatic rings. The van der Waals surface area contributed by atoms with Crippen molar-refractivity contribution >= 4 is 27.4 Å². The van der Waals surface area contributed by atoms with Crippen molar-refractivity contribution in [2.75, 3.05) is 7.05 Å². The van der Waals surface area contributed by atoms with E-state index in [2.05, 4.69) is 46.7 Å². The molecule has 38 heavy (non-hydrogen) atoms. The molecule has 1 atom stereocenters. The molecule has 0 bridgehead atoms. The van der Waals surface area contributed by atoms with Gasteiger partial charge in [-0.15, -0.1) is 0 Å². The zero-order chi connectivity index (χ0) is 29.5. The number of hydrogen-bond acceptors (Lipinski definition) is 3. The molecule has 1 N–H and O–H groups in total. The highest BCUT2D eigenvalue weighted by molar-refractivity contribution is 9.11. The largest absolute Gasteiger partial charge is 0.418 e. The quantitative estimate of drug-likeness (QED) is 0.119. The van der Waals surface area contributed by atoms with Gasteiger partial charge in [0.2, 0.25) is 0 Å². The van der Waals surface area contributed by atoms with E-state index in [-0.39, 0.29) is 17.2 Å². The maximum Gasteiger partial charge on any atom is 0.418 e. The third kappa shape index (κ3) is 12.2. The molecule has 0 aliphatic heterocycles. The molecule has 0 saturated carbocycles. The van der Waals surface area contributed by atoms with E-state index in [0.717, 1.165) is 30.9 Å². The van der Waals surface area contributed by atoms with Gasteiger partial charge in [0, 0.05) is 24.7 Å². The molecule has 0 amide bonds. The van der Waals surface area contributed by atoms with E-state index in [1.54, 1.807) is 45.3 Å². The lowest BCUT2D eigenvalue weighted by atomic mass is 9.92. The average molecular weight is 600 g/mol. The van der Waals surface area contributed by atoms with Crippen LogP contribution in [0.5, 0.6) is 0 Å². The lowest BCUT2D eigenvalue weighted by molar-refractivity contribution is -0.113. The molecule has 0 aliphatic carbocycles. The molecule has 0 heterocycles. The number of benzene rings is 1. The number of nitrogens with one attached hydrogen (secondary N) is 1. The van der Waals surface area contributed by atoms with Crippen molar-refractivity contribution in [3.05, 3.63) is 93.6 Å². The number of carbonyl (C=O) groups is 1. The van der Waals surface area contributed by atoms with E-state index in [1.165, 1.54) is 26.0 Å². The zero-order valence-corrected chi connectivity index (χ0v) is 24.9. The number of ketones is 1. The molecule has 0 aromatic heterocycles. The van der Waals surface area contributed by atoms with Gasteiger partial charge >= 0.3 is 6.18 Å². The molecule has 0 fully saturated rings. The van der Waals surface area contributed by atoms with E-state index in [0.29, 0.717) is 21.5 Å². The van der Waals surface area contributed by atoms with Crippen LogP contribution in [-0.2, 0) is 4.79 Å². The van der Waals surface area contributed by atoms with Crippen molar-refractivity contribution < 1.29 is 22.4 Å². The van der Waals surface area contributed by atoms with E-state index in [9.17, 15) is 22.4 Å². The van der Waals surface area contributed by atoms with Crippen LogP contribution >= 0.6 is 15.9 Å². The van der Waals surface area contributed by atoms with Gasteiger partial charge in [-0.1, -0.05) is 67.1 Å². The summed E-state index contributed by atoms with van der Waals surface area (Å²) < 4.78 is 53.8. The predicted molar refractivity (Wildman–Crippen MR) is 155 cm³/mol. The second kappa shape index (κ2) is 17.7. The highest BCUT2D eigenvalue weighted by Crippen LogP contribution is 2.30. The van der Waals surface area contributed by atoms with Gasteiger partial charge in [0.15, 0.2) is 5.78 Å². The molecule has 0 radical (unpaired) electrons. The van der Waals surface area contributed by atoms with Crippen molar-refractivity contribution in [1.29, 1.82) is 0 Å². The van der Waals surface area contributed by atoms with Crippen molar-refractivity contribution in [3.8, 4) is 0 Å². The van der Waals surface area contributed by atoms with Crippen molar-refractivity contribution in [2.45, 2.75) is 72.9 Å². The van der Waals surface area contributed by atoms with Gasteiger partial charge < -0.3 is 5.32 Å². The molecule has 3 nitrogen and oxygen atoms in total. The Labute approximate surface area is 233 Å². The van der Waals surface area contributed by atoms with Crippen LogP contribution in [0.1, 0.15) is 72.3 Å². The van der Waals surface area contributed by atoms with Crippen molar-refractivity contribution in [2.24, 2.45) is 4.99 Å². The Balaban J connectivity index is 0.000000875. The molecular weight excluding hydrogens is 560 g/mol. The molecule has 1 rings (SSSR count). The highest BCUT2D eigenvalue weighted by Gasteiger charge is 2.36. The number of halogens is 5. The SMILES string of the molecule is C=CC(=C\NC)/C(=C/C)/C=C(\C(C)=N\C(C(C)=O)=C(/C)Br)C(F)(F)F.CCCC(CC)c1cccc(F)c1.